The Labute approximate surface area is 215 Å². The Hall–Kier alpha value is -4.04. The Kier molecular flexibility index (Phi) is 6.65. The second-order valence-electron chi connectivity index (χ2n) is 8.63. The fourth-order valence-electron chi connectivity index (χ4n) is 3.12. The summed E-state index contributed by atoms with van der Waals surface area (Å²) >= 11 is 4.57. The molecule has 0 radical (unpaired) electrons. The number of hydrogen-bond donors (Lipinski definition) is 1. The van der Waals surface area contributed by atoms with Gasteiger partial charge in [0, 0.05) is 40.9 Å². The van der Waals surface area contributed by atoms with E-state index in [0.29, 0.717) is 15.2 Å². The van der Waals surface area contributed by atoms with Crippen LogP contribution < -0.4 is 5.56 Å². The second-order valence-corrected chi connectivity index (χ2v) is 10.5. The molecule has 2 aromatic carbocycles. The minimum atomic E-state index is -0.539. The number of nitrogens with one attached hydrogen (secondary N) is 1. The Balaban J connectivity index is 1.84. The van der Waals surface area contributed by atoms with Crippen LogP contribution in [-0.2, 0) is 5.41 Å². The van der Waals surface area contributed by atoms with Crippen LogP contribution in [0, 0.1) is 20.2 Å². The molecule has 184 valence electrons. The Morgan fingerprint density at radius 3 is 2.22 bits per heavy atom. The van der Waals surface area contributed by atoms with Crippen LogP contribution >= 0.6 is 27.3 Å². The fourth-order valence-corrected chi connectivity index (χ4v) is 4.50. The van der Waals surface area contributed by atoms with Crippen LogP contribution in [0.3, 0.4) is 0 Å². The standard InChI is InChI=1S/C22H18BrN7O5S/c1-22(2,3)17-11-24-21(36-17)28-20(31)19(18(27-28)12-4-6-13(7-5-12)29(32)33)26-25-16-9-8-14(30(34)35)10-15(16)23/h4-11,27H,1-3H3. The molecule has 0 fully saturated rings. The molecule has 0 spiro atoms. The van der Waals surface area contributed by atoms with Crippen molar-refractivity contribution in [1.29, 1.82) is 0 Å². The molecule has 0 aliphatic heterocycles. The molecule has 4 aromatic rings. The zero-order valence-corrected chi connectivity index (χ0v) is 21.5. The first-order valence-corrected chi connectivity index (χ1v) is 12.0. The number of non-ortho nitro benzene ring substituents is 2. The van der Waals surface area contributed by atoms with Crippen LogP contribution in [0.15, 0.2) is 68.2 Å². The van der Waals surface area contributed by atoms with E-state index in [1.165, 1.54) is 58.5 Å². The van der Waals surface area contributed by atoms with E-state index in [9.17, 15) is 25.0 Å². The highest BCUT2D eigenvalue weighted by Crippen LogP contribution is 2.34. The molecular weight excluding hydrogens is 554 g/mol. The molecule has 0 saturated carbocycles. The zero-order valence-electron chi connectivity index (χ0n) is 19.1. The van der Waals surface area contributed by atoms with Gasteiger partial charge in [-0.2, -0.15) is 4.68 Å². The summed E-state index contributed by atoms with van der Waals surface area (Å²) in [4.78, 5) is 39.7. The van der Waals surface area contributed by atoms with Crippen molar-refractivity contribution in [2.75, 3.05) is 0 Å². The van der Waals surface area contributed by atoms with E-state index in [1.54, 1.807) is 6.20 Å². The van der Waals surface area contributed by atoms with E-state index in [0.717, 1.165) is 4.88 Å². The molecule has 0 aliphatic carbocycles. The van der Waals surface area contributed by atoms with E-state index >= 15 is 0 Å². The van der Waals surface area contributed by atoms with Crippen LogP contribution in [-0.4, -0.2) is 24.6 Å². The normalized spacial score (nSPS) is 11.8. The molecule has 0 atom stereocenters. The van der Waals surface area contributed by atoms with Gasteiger partial charge in [0.1, 0.15) is 5.69 Å². The molecule has 1 N–H and O–H groups in total. The van der Waals surface area contributed by atoms with Crippen LogP contribution in [0.2, 0.25) is 0 Å². The van der Waals surface area contributed by atoms with E-state index in [1.807, 2.05) is 20.8 Å². The number of nitro benzene ring substituents is 2. The topological polar surface area (TPSA) is 162 Å². The van der Waals surface area contributed by atoms with Gasteiger partial charge in [0.05, 0.1) is 20.0 Å². The summed E-state index contributed by atoms with van der Waals surface area (Å²) in [5, 5.41) is 33.7. The van der Waals surface area contributed by atoms with Crippen molar-refractivity contribution in [3.63, 3.8) is 0 Å². The summed E-state index contributed by atoms with van der Waals surface area (Å²) in [6.07, 6.45) is 1.70. The lowest BCUT2D eigenvalue weighted by atomic mass is 9.96. The maximum absolute atomic E-state index is 13.4. The highest BCUT2D eigenvalue weighted by molar-refractivity contribution is 9.10. The lowest BCUT2D eigenvalue weighted by Crippen LogP contribution is -2.13. The largest absolute Gasteiger partial charge is 0.301 e. The van der Waals surface area contributed by atoms with Crippen molar-refractivity contribution < 1.29 is 9.85 Å². The van der Waals surface area contributed by atoms with Gasteiger partial charge in [-0.3, -0.25) is 30.1 Å². The number of thiazole rings is 1. The second kappa shape index (κ2) is 9.54. The Bertz CT molecular complexity index is 1560. The number of benzene rings is 2. The first-order chi connectivity index (χ1) is 17.0. The van der Waals surface area contributed by atoms with Crippen LogP contribution in [0.5, 0.6) is 0 Å². The molecule has 0 bridgehead atoms. The molecule has 0 saturated heterocycles. The summed E-state index contributed by atoms with van der Waals surface area (Å²) in [5.41, 5.74) is 0.0409. The van der Waals surface area contributed by atoms with E-state index in [4.69, 9.17) is 0 Å². The van der Waals surface area contributed by atoms with Gasteiger partial charge in [-0.15, -0.1) is 10.2 Å². The molecule has 4 rings (SSSR count). The fraction of sp³-hybridized carbons (Fsp3) is 0.182. The van der Waals surface area contributed by atoms with E-state index in [2.05, 4.69) is 36.2 Å². The lowest BCUT2D eigenvalue weighted by molar-refractivity contribution is -0.385. The van der Waals surface area contributed by atoms with Crippen molar-refractivity contribution >= 4 is 50.0 Å². The zero-order chi connectivity index (χ0) is 26.2. The van der Waals surface area contributed by atoms with Crippen molar-refractivity contribution in [3.05, 3.63) is 88.6 Å². The predicted octanol–water partition coefficient (Wildman–Crippen LogP) is 6.58. The summed E-state index contributed by atoms with van der Waals surface area (Å²) in [6.45, 7) is 6.10. The smallest absolute Gasteiger partial charge is 0.286 e. The average Bonchev–Trinajstić information content (AvgIpc) is 3.43. The Morgan fingerprint density at radius 1 is 1.03 bits per heavy atom. The molecule has 12 nitrogen and oxygen atoms in total. The number of aromatic amines is 1. The number of nitro groups is 2. The molecule has 0 unspecified atom stereocenters. The van der Waals surface area contributed by atoms with Gasteiger partial charge < -0.3 is 0 Å². The average molecular weight is 572 g/mol. The quantitative estimate of drug-likeness (QED) is 0.156. The van der Waals surface area contributed by atoms with Crippen LogP contribution in [0.1, 0.15) is 25.6 Å². The maximum atomic E-state index is 13.4. The summed E-state index contributed by atoms with van der Waals surface area (Å²) in [6, 6.07) is 9.59. The van der Waals surface area contributed by atoms with Gasteiger partial charge in [0.15, 0.2) is 5.69 Å². The van der Waals surface area contributed by atoms with Crippen LogP contribution in [0.4, 0.5) is 22.7 Å². The molecule has 14 heteroatoms. The van der Waals surface area contributed by atoms with Crippen molar-refractivity contribution in [3.8, 4) is 16.4 Å². The SMILES string of the molecule is CC(C)(C)c1cnc(-n2[nH]c(-c3ccc([N+](=O)[O-])cc3)c(N=Nc3ccc([N+](=O)[O-])cc3Br)c2=O)s1. The van der Waals surface area contributed by atoms with Gasteiger partial charge >= 0.3 is 5.56 Å². The van der Waals surface area contributed by atoms with Gasteiger partial charge in [-0.05, 0) is 39.5 Å². The molecule has 0 aliphatic rings. The van der Waals surface area contributed by atoms with Gasteiger partial charge in [-0.1, -0.05) is 32.1 Å². The lowest BCUT2D eigenvalue weighted by Gasteiger charge is -2.14. The monoisotopic (exact) mass is 571 g/mol. The van der Waals surface area contributed by atoms with E-state index in [-0.39, 0.29) is 33.9 Å². The van der Waals surface area contributed by atoms with Crippen LogP contribution in [0.25, 0.3) is 16.4 Å². The van der Waals surface area contributed by atoms with Gasteiger partial charge in [0.25, 0.3) is 11.4 Å². The highest BCUT2D eigenvalue weighted by atomic mass is 79.9. The van der Waals surface area contributed by atoms with Gasteiger partial charge in [-0.25, -0.2) is 4.98 Å². The van der Waals surface area contributed by atoms with Crippen molar-refractivity contribution in [2.24, 2.45) is 10.2 Å². The molecule has 2 heterocycles. The number of nitrogens with zero attached hydrogens (tertiary/aromatic N) is 6. The summed E-state index contributed by atoms with van der Waals surface area (Å²) in [7, 11) is 0. The molecule has 0 amide bonds. The first kappa shape index (κ1) is 25.1. The first-order valence-electron chi connectivity index (χ1n) is 10.4. The number of hydrogen-bond acceptors (Lipinski definition) is 9. The van der Waals surface area contributed by atoms with E-state index < -0.39 is 15.4 Å². The molecular formula is C22H18BrN7O5S. The third-order valence-corrected chi connectivity index (χ3v) is 7.10. The third kappa shape index (κ3) is 4.99. The maximum Gasteiger partial charge on any atom is 0.301 e. The number of aromatic nitrogens is 3. The third-order valence-electron chi connectivity index (χ3n) is 5.06. The molecule has 2 aromatic heterocycles. The number of rotatable bonds is 6. The number of halogens is 1. The van der Waals surface area contributed by atoms with Gasteiger partial charge in [0.2, 0.25) is 5.13 Å². The predicted molar refractivity (Wildman–Crippen MR) is 138 cm³/mol. The number of H-pyrrole nitrogens is 1. The highest BCUT2D eigenvalue weighted by Gasteiger charge is 2.22. The summed E-state index contributed by atoms with van der Waals surface area (Å²) in [5.74, 6) is 0. The van der Waals surface area contributed by atoms with Crippen molar-refractivity contribution in [1.82, 2.24) is 14.8 Å². The molecule has 36 heavy (non-hydrogen) atoms. The van der Waals surface area contributed by atoms with Crippen molar-refractivity contribution in [2.45, 2.75) is 26.2 Å². The summed E-state index contributed by atoms with van der Waals surface area (Å²) < 4.78 is 1.57. The number of azo groups is 1. The Morgan fingerprint density at radius 2 is 1.67 bits per heavy atom. The minimum Gasteiger partial charge on any atom is -0.286 e. The minimum absolute atomic E-state index is 0.0541.